The van der Waals surface area contributed by atoms with Crippen LogP contribution in [0.5, 0.6) is 5.75 Å². The number of carbonyl (C=O) groups is 1. The molecule has 1 aliphatic heterocycles. The molecule has 36 heavy (non-hydrogen) atoms. The summed E-state index contributed by atoms with van der Waals surface area (Å²) in [7, 11) is 3.75. The number of nitrogens with one attached hydrogen (secondary N) is 2. The molecule has 0 radical (unpaired) electrons. The van der Waals surface area contributed by atoms with Crippen LogP contribution < -0.4 is 20.7 Å². The first-order chi connectivity index (χ1) is 17.4. The Labute approximate surface area is 220 Å². The fourth-order valence-electron chi connectivity index (χ4n) is 3.51. The van der Waals surface area contributed by atoms with Crippen molar-refractivity contribution in [3.63, 3.8) is 0 Å². The van der Waals surface area contributed by atoms with E-state index < -0.39 is 0 Å². The van der Waals surface area contributed by atoms with Crippen LogP contribution in [0.1, 0.15) is 16.7 Å². The molecule has 11 heteroatoms. The van der Waals surface area contributed by atoms with Crippen molar-refractivity contribution in [2.45, 2.75) is 6.61 Å². The smallest absolute Gasteiger partial charge is 0.209 e. The highest BCUT2D eigenvalue weighted by atomic mass is 35.5. The highest BCUT2D eigenvalue weighted by Gasteiger charge is 2.17. The standard InChI is InChI=1S/C23H22Cl2N6O2.C2H7N/c24-19-11-28-12-20(25)18(19)13-33-16-2-3-21(26)17(9-16)23(27)15-1-4-22(29-10-15)31-7-5-30(14-32)6-8-31;1-3-2/h1-4,9-12,14,27H,5-8,13,26H2;3H,1-2H3. The van der Waals surface area contributed by atoms with Gasteiger partial charge in [0.15, 0.2) is 0 Å². The van der Waals surface area contributed by atoms with Crippen LogP contribution in [-0.2, 0) is 11.4 Å². The maximum atomic E-state index is 10.9. The molecule has 9 nitrogen and oxygen atoms in total. The summed E-state index contributed by atoms with van der Waals surface area (Å²) in [6, 6.07) is 8.87. The van der Waals surface area contributed by atoms with Gasteiger partial charge in [-0.25, -0.2) is 4.98 Å². The zero-order valence-corrected chi connectivity index (χ0v) is 21.7. The number of halogens is 2. The summed E-state index contributed by atoms with van der Waals surface area (Å²) in [6.45, 7) is 2.94. The number of piperazine rings is 1. The van der Waals surface area contributed by atoms with E-state index >= 15 is 0 Å². The van der Waals surface area contributed by atoms with Gasteiger partial charge < -0.3 is 25.6 Å². The van der Waals surface area contributed by atoms with Crippen molar-refractivity contribution in [3.05, 3.63) is 75.7 Å². The molecule has 1 fully saturated rings. The van der Waals surface area contributed by atoms with Gasteiger partial charge in [-0.3, -0.25) is 15.2 Å². The first-order valence-corrected chi connectivity index (χ1v) is 12.0. The minimum atomic E-state index is 0.157. The molecule has 0 bridgehead atoms. The summed E-state index contributed by atoms with van der Waals surface area (Å²) in [5.41, 5.74) is 8.65. The monoisotopic (exact) mass is 529 g/mol. The number of amides is 1. The van der Waals surface area contributed by atoms with Crippen LogP contribution in [0, 0.1) is 5.41 Å². The number of pyridine rings is 2. The summed E-state index contributed by atoms with van der Waals surface area (Å²) < 4.78 is 5.85. The number of ether oxygens (including phenoxy) is 1. The lowest BCUT2D eigenvalue weighted by Gasteiger charge is -2.33. The molecule has 190 valence electrons. The number of rotatable bonds is 7. The number of carbonyl (C=O) groups excluding carboxylic acids is 1. The molecule has 0 saturated carbocycles. The van der Waals surface area contributed by atoms with Crippen LogP contribution in [0.4, 0.5) is 11.5 Å². The van der Waals surface area contributed by atoms with E-state index in [1.165, 1.54) is 12.4 Å². The lowest BCUT2D eigenvalue weighted by molar-refractivity contribution is -0.118. The maximum Gasteiger partial charge on any atom is 0.209 e. The van der Waals surface area contributed by atoms with Crippen molar-refractivity contribution in [1.82, 2.24) is 20.2 Å². The maximum absolute atomic E-state index is 10.9. The Morgan fingerprint density at radius 3 is 2.36 bits per heavy atom. The molecule has 0 unspecified atom stereocenters. The highest BCUT2D eigenvalue weighted by Crippen LogP contribution is 2.27. The Kier molecular flexibility index (Phi) is 9.86. The van der Waals surface area contributed by atoms with Gasteiger partial charge in [0.25, 0.3) is 0 Å². The van der Waals surface area contributed by atoms with Crippen molar-refractivity contribution < 1.29 is 9.53 Å². The lowest BCUT2D eigenvalue weighted by atomic mass is 10.0. The molecule has 3 aromatic rings. The summed E-state index contributed by atoms with van der Waals surface area (Å²) in [5.74, 6) is 1.35. The molecule has 4 rings (SSSR count). The third-order valence-electron chi connectivity index (χ3n) is 5.45. The van der Waals surface area contributed by atoms with Crippen molar-refractivity contribution in [2.75, 3.05) is 50.9 Å². The van der Waals surface area contributed by atoms with Crippen molar-refractivity contribution in [3.8, 4) is 5.75 Å². The number of hydrogen-bond acceptors (Lipinski definition) is 8. The molecule has 1 saturated heterocycles. The van der Waals surface area contributed by atoms with Gasteiger partial charge >= 0.3 is 0 Å². The molecule has 0 spiro atoms. The molecular weight excluding hydrogens is 501 g/mol. The SMILES string of the molecule is CNC.N=C(c1ccc(N2CCN(C=O)CC2)nc1)c1cc(OCc2c(Cl)cncc2Cl)ccc1N. The fourth-order valence-corrected chi connectivity index (χ4v) is 3.98. The van der Waals surface area contributed by atoms with E-state index in [1.807, 2.05) is 26.2 Å². The number of nitrogens with two attached hydrogens (primary N) is 1. The minimum Gasteiger partial charge on any atom is -0.489 e. The van der Waals surface area contributed by atoms with Gasteiger partial charge in [0.2, 0.25) is 6.41 Å². The zero-order valence-electron chi connectivity index (χ0n) is 20.2. The normalized spacial score (nSPS) is 13.0. The second kappa shape index (κ2) is 13.1. The number of nitrogens with zero attached hydrogens (tertiary/aromatic N) is 4. The molecule has 1 aliphatic rings. The largest absolute Gasteiger partial charge is 0.489 e. The second-order valence-electron chi connectivity index (χ2n) is 8.03. The van der Waals surface area contributed by atoms with E-state index in [0.717, 1.165) is 25.3 Å². The molecule has 2 aromatic heterocycles. The second-order valence-corrected chi connectivity index (χ2v) is 8.84. The topological polar surface area (TPSA) is 120 Å². The quantitative estimate of drug-likeness (QED) is 0.243. The van der Waals surface area contributed by atoms with E-state index in [2.05, 4.69) is 20.2 Å². The van der Waals surface area contributed by atoms with Gasteiger partial charge in [-0.05, 0) is 44.4 Å². The van der Waals surface area contributed by atoms with Crippen LogP contribution in [-0.4, -0.2) is 67.3 Å². The molecular formula is C25H29Cl2N7O2. The van der Waals surface area contributed by atoms with E-state index in [9.17, 15) is 4.79 Å². The van der Waals surface area contributed by atoms with Gasteiger partial charge in [-0.15, -0.1) is 0 Å². The van der Waals surface area contributed by atoms with Gasteiger partial charge in [0.1, 0.15) is 18.2 Å². The molecule has 1 aromatic carbocycles. The number of hydrogen-bond donors (Lipinski definition) is 3. The summed E-state index contributed by atoms with van der Waals surface area (Å²) in [4.78, 5) is 23.2. The lowest BCUT2D eigenvalue weighted by Crippen LogP contribution is -2.46. The molecule has 4 N–H and O–H groups in total. The van der Waals surface area contributed by atoms with Crippen molar-refractivity contribution in [1.29, 1.82) is 5.41 Å². The Hall–Kier alpha value is -3.40. The first-order valence-electron chi connectivity index (χ1n) is 11.3. The Bertz CT molecular complexity index is 1160. The summed E-state index contributed by atoms with van der Waals surface area (Å²) >= 11 is 12.3. The average molecular weight is 530 g/mol. The third kappa shape index (κ3) is 6.84. The molecule has 1 amide bonds. The van der Waals surface area contributed by atoms with Gasteiger partial charge in [-0.1, -0.05) is 23.2 Å². The predicted molar refractivity (Wildman–Crippen MR) is 144 cm³/mol. The zero-order chi connectivity index (χ0) is 26.1. The Morgan fingerprint density at radius 1 is 1.11 bits per heavy atom. The van der Waals surface area contributed by atoms with Crippen LogP contribution in [0.2, 0.25) is 10.0 Å². The number of nitrogen functional groups attached to an aromatic ring is 1. The van der Waals surface area contributed by atoms with E-state index in [1.54, 1.807) is 29.3 Å². The average Bonchev–Trinajstić information content (AvgIpc) is 2.89. The Balaban J connectivity index is 0.00000115. The minimum absolute atomic E-state index is 0.157. The Morgan fingerprint density at radius 2 is 1.78 bits per heavy atom. The van der Waals surface area contributed by atoms with Crippen LogP contribution >= 0.6 is 23.2 Å². The number of aromatic nitrogens is 2. The number of anilines is 2. The van der Waals surface area contributed by atoms with Crippen LogP contribution in [0.25, 0.3) is 0 Å². The van der Waals surface area contributed by atoms with Gasteiger partial charge in [-0.2, -0.15) is 0 Å². The predicted octanol–water partition coefficient (Wildman–Crippen LogP) is 3.47. The van der Waals surface area contributed by atoms with Crippen molar-refractivity contribution >= 4 is 46.8 Å². The third-order valence-corrected chi connectivity index (χ3v) is 6.10. The van der Waals surface area contributed by atoms with Crippen LogP contribution in [0.15, 0.2) is 48.9 Å². The molecule has 3 heterocycles. The van der Waals surface area contributed by atoms with Gasteiger partial charge in [0.05, 0.1) is 15.8 Å². The summed E-state index contributed by atoms with van der Waals surface area (Å²) in [6.07, 6.45) is 5.55. The highest BCUT2D eigenvalue weighted by molar-refractivity contribution is 6.35. The molecule has 0 atom stereocenters. The fraction of sp³-hybridized carbons (Fsp3) is 0.280. The number of benzene rings is 1. The van der Waals surface area contributed by atoms with E-state index in [4.69, 9.17) is 39.1 Å². The van der Waals surface area contributed by atoms with Gasteiger partial charge in [0, 0.05) is 67.1 Å². The first kappa shape index (κ1) is 27.2. The van der Waals surface area contributed by atoms with Crippen molar-refractivity contribution in [2.24, 2.45) is 0 Å². The van der Waals surface area contributed by atoms with Crippen LogP contribution in [0.3, 0.4) is 0 Å². The summed E-state index contributed by atoms with van der Waals surface area (Å²) in [5, 5.41) is 12.2. The van der Waals surface area contributed by atoms with E-state index in [0.29, 0.717) is 51.3 Å². The van der Waals surface area contributed by atoms with E-state index in [-0.39, 0.29) is 12.3 Å². The molecule has 0 aliphatic carbocycles.